The predicted octanol–water partition coefficient (Wildman–Crippen LogP) is 4.38. The molecule has 0 aliphatic carbocycles. The Labute approximate surface area is 220 Å². The van der Waals surface area contributed by atoms with Crippen LogP contribution < -0.4 is 14.8 Å². The van der Waals surface area contributed by atoms with Crippen LogP contribution in [0.4, 0.5) is 4.79 Å². The maximum absolute atomic E-state index is 13.1. The molecule has 2 heterocycles. The highest BCUT2D eigenvalue weighted by molar-refractivity contribution is 9.10. The minimum atomic E-state index is -0.669. The maximum atomic E-state index is 13.1. The molecule has 3 amide bonds. The van der Waals surface area contributed by atoms with Crippen molar-refractivity contribution in [3.63, 3.8) is 0 Å². The summed E-state index contributed by atoms with van der Waals surface area (Å²) in [5.74, 6) is -0.371. The van der Waals surface area contributed by atoms with Crippen molar-refractivity contribution in [1.29, 1.82) is 5.26 Å². The number of furan rings is 1. The van der Waals surface area contributed by atoms with E-state index < -0.39 is 17.9 Å². The number of hydrogen-bond donors (Lipinski definition) is 1. The zero-order chi connectivity index (χ0) is 26.5. The van der Waals surface area contributed by atoms with Crippen molar-refractivity contribution in [2.75, 3.05) is 14.2 Å². The molecule has 0 spiro atoms. The van der Waals surface area contributed by atoms with Crippen LogP contribution in [0.1, 0.15) is 33.0 Å². The monoisotopic (exact) mass is 565 g/mol. The van der Waals surface area contributed by atoms with E-state index >= 15 is 0 Å². The fourth-order valence-electron chi connectivity index (χ4n) is 3.61. The quantitative estimate of drug-likeness (QED) is 0.242. The molecule has 1 fully saturated rings. The maximum Gasteiger partial charge on any atom is 0.373 e. The highest BCUT2D eigenvalue weighted by atomic mass is 79.9. The first-order chi connectivity index (χ1) is 17.8. The van der Waals surface area contributed by atoms with Gasteiger partial charge in [0, 0.05) is 15.6 Å². The zero-order valence-corrected chi connectivity index (χ0v) is 21.3. The van der Waals surface area contributed by atoms with E-state index in [9.17, 15) is 19.6 Å². The first-order valence-corrected chi connectivity index (χ1v) is 11.6. The minimum absolute atomic E-state index is 0.00664. The number of carbonyl (C=O) groups excluding carboxylic acids is 3. The lowest BCUT2D eigenvalue weighted by atomic mass is 10.1. The van der Waals surface area contributed by atoms with Gasteiger partial charge in [-0.05, 0) is 36.4 Å². The summed E-state index contributed by atoms with van der Waals surface area (Å²) in [7, 11) is 2.70. The number of benzene rings is 2. The molecular formula is C26H20BrN3O7. The number of nitrogens with zero attached hydrogens (tertiary/aromatic N) is 2. The third-order valence-electron chi connectivity index (χ3n) is 5.40. The third-order valence-corrected chi connectivity index (χ3v) is 5.86. The summed E-state index contributed by atoms with van der Waals surface area (Å²) >= 11 is 3.42. The predicted molar refractivity (Wildman–Crippen MR) is 133 cm³/mol. The van der Waals surface area contributed by atoms with Gasteiger partial charge in [-0.1, -0.05) is 34.1 Å². The first kappa shape index (κ1) is 25.5. The van der Waals surface area contributed by atoms with Crippen LogP contribution in [0.3, 0.4) is 0 Å². The molecule has 4 rings (SSSR count). The number of rotatable bonds is 8. The lowest BCUT2D eigenvalue weighted by Crippen LogP contribution is -2.30. The molecule has 1 aliphatic heterocycles. The molecule has 2 aromatic carbocycles. The second-order valence-corrected chi connectivity index (χ2v) is 8.64. The Morgan fingerprint density at radius 2 is 1.97 bits per heavy atom. The summed E-state index contributed by atoms with van der Waals surface area (Å²) in [6.07, 6.45) is 1.47. The van der Waals surface area contributed by atoms with E-state index in [0.29, 0.717) is 32.7 Å². The van der Waals surface area contributed by atoms with Crippen molar-refractivity contribution in [3.05, 3.63) is 86.9 Å². The van der Waals surface area contributed by atoms with Gasteiger partial charge in [0.25, 0.3) is 5.91 Å². The summed E-state index contributed by atoms with van der Waals surface area (Å²) in [4.78, 5) is 38.2. The molecule has 11 heteroatoms. The van der Waals surface area contributed by atoms with E-state index in [4.69, 9.17) is 13.9 Å². The molecule has 0 bridgehead atoms. The van der Waals surface area contributed by atoms with Crippen molar-refractivity contribution >= 4 is 39.9 Å². The number of imide groups is 1. The van der Waals surface area contributed by atoms with Crippen LogP contribution in [-0.2, 0) is 22.7 Å². The second-order valence-electron chi connectivity index (χ2n) is 7.72. The van der Waals surface area contributed by atoms with E-state index in [-0.39, 0.29) is 30.4 Å². The molecule has 1 N–H and O–H groups in total. The van der Waals surface area contributed by atoms with Gasteiger partial charge in [0.1, 0.15) is 18.1 Å². The summed E-state index contributed by atoms with van der Waals surface area (Å²) in [6, 6.07) is 14.8. The standard InChI is InChI=1S/C26H20BrN3O7/c1-34-22-11-18(27)9-17(23(22)36-14-16-6-4-3-5-15(16)12-28)10-20-24(31)30(26(33)29-20)13-19-7-8-21(37-19)25(32)35-2/h3-11H,13-14H2,1-2H3,(H,29,33)/b20-10-. The number of halogens is 1. The number of ether oxygens (including phenoxy) is 3. The lowest BCUT2D eigenvalue weighted by molar-refractivity contribution is -0.123. The van der Waals surface area contributed by atoms with Crippen LogP contribution in [0.5, 0.6) is 11.5 Å². The van der Waals surface area contributed by atoms with E-state index in [1.807, 2.05) is 0 Å². The van der Waals surface area contributed by atoms with Crippen LogP contribution in [0.25, 0.3) is 6.08 Å². The van der Waals surface area contributed by atoms with Crippen LogP contribution in [0.15, 0.2) is 63.1 Å². The summed E-state index contributed by atoms with van der Waals surface area (Å²) < 4.78 is 22.1. The van der Waals surface area contributed by atoms with E-state index in [2.05, 4.69) is 32.1 Å². The number of esters is 1. The van der Waals surface area contributed by atoms with Gasteiger partial charge in [0.2, 0.25) is 5.76 Å². The Hall–Kier alpha value is -4.56. The molecule has 188 valence electrons. The number of urea groups is 1. The van der Waals surface area contributed by atoms with Gasteiger partial charge in [-0.15, -0.1) is 0 Å². The highest BCUT2D eigenvalue weighted by Gasteiger charge is 2.35. The molecular weight excluding hydrogens is 546 g/mol. The van der Waals surface area contributed by atoms with E-state index in [0.717, 1.165) is 4.90 Å². The van der Waals surface area contributed by atoms with Crippen LogP contribution in [-0.4, -0.2) is 37.0 Å². The lowest BCUT2D eigenvalue weighted by Gasteiger charge is -2.15. The fraction of sp³-hybridized carbons (Fsp3) is 0.154. The Morgan fingerprint density at radius 3 is 2.70 bits per heavy atom. The third kappa shape index (κ3) is 5.49. The van der Waals surface area contributed by atoms with Crippen molar-refractivity contribution in [3.8, 4) is 17.6 Å². The SMILES string of the molecule is COC(=O)c1ccc(CN2C(=O)N/C(=C\c3cc(Br)cc(OC)c3OCc3ccccc3C#N)C2=O)o1. The summed E-state index contributed by atoms with van der Waals surface area (Å²) in [6.45, 7) is -0.111. The van der Waals surface area contributed by atoms with Crippen molar-refractivity contribution in [1.82, 2.24) is 10.2 Å². The topological polar surface area (TPSA) is 131 Å². The summed E-state index contributed by atoms with van der Waals surface area (Å²) in [5, 5.41) is 11.9. The molecule has 0 atom stereocenters. The van der Waals surface area contributed by atoms with Gasteiger partial charge in [0.15, 0.2) is 11.5 Å². The summed E-state index contributed by atoms with van der Waals surface area (Å²) in [5.41, 5.74) is 1.61. The van der Waals surface area contributed by atoms with Gasteiger partial charge in [0.05, 0.1) is 32.4 Å². The van der Waals surface area contributed by atoms with Gasteiger partial charge < -0.3 is 23.9 Å². The van der Waals surface area contributed by atoms with Crippen molar-refractivity contribution in [2.24, 2.45) is 0 Å². The molecule has 1 aromatic heterocycles. The molecule has 0 saturated carbocycles. The van der Waals surface area contributed by atoms with Gasteiger partial charge >= 0.3 is 12.0 Å². The van der Waals surface area contributed by atoms with Gasteiger partial charge in [-0.3, -0.25) is 9.69 Å². The molecule has 10 nitrogen and oxygen atoms in total. The second kappa shape index (κ2) is 11.0. The van der Waals surface area contributed by atoms with Gasteiger partial charge in [-0.2, -0.15) is 5.26 Å². The average molecular weight is 566 g/mol. The smallest absolute Gasteiger partial charge is 0.373 e. The van der Waals surface area contributed by atoms with Crippen LogP contribution in [0.2, 0.25) is 0 Å². The minimum Gasteiger partial charge on any atom is -0.493 e. The number of nitriles is 1. The first-order valence-electron chi connectivity index (χ1n) is 10.8. The number of amides is 3. The number of carbonyl (C=O) groups is 3. The van der Waals surface area contributed by atoms with Crippen LogP contribution in [0, 0.1) is 11.3 Å². The molecule has 1 aliphatic rings. The van der Waals surface area contributed by atoms with E-state index in [1.54, 1.807) is 36.4 Å². The van der Waals surface area contributed by atoms with Gasteiger partial charge in [-0.25, -0.2) is 9.59 Å². The van der Waals surface area contributed by atoms with Crippen molar-refractivity contribution < 1.29 is 33.0 Å². The Balaban J connectivity index is 1.61. The molecule has 1 saturated heterocycles. The zero-order valence-electron chi connectivity index (χ0n) is 19.7. The number of methoxy groups -OCH3 is 2. The molecule has 0 unspecified atom stereocenters. The number of nitrogens with one attached hydrogen (secondary N) is 1. The highest BCUT2D eigenvalue weighted by Crippen LogP contribution is 2.37. The Bertz CT molecular complexity index is 1450. The molecule has 3 aromatic rings. The Morgan fingerprint density at radius 1 is 1.19 bits per heavy atom. The fourth-order valence-corrected chi connectivity index (χ4v) is 4.06. The Kier molecular flexibility index (Phi) is 7.60. The average Bonchev–Trinajstić information content (AvgIpc) is 3.47. The van der Waals surface area contributed by atoms with Crippen molar-refractivity contribution in [2.45, 2.75) is 13.2 Å². The van der Waals surface area contributed by atoms with E-state index in [1.165, 1.54) is 32.4 Å². The largest absolute Gasteiger partial charge is 0.493 e. The molecule has 0 radical (unpaired) electrons. The number of hydrogen-bond acceptors (Lipinski definition) is 8. The van der Waals surface area contributed by atoms with Crippen LogP contribution >= 0.6 is 15.9 Å². The molecule has 37 heavy (non-hydrogen) atoms. The normalized spacial score (nSPS) is 13.9.